The highest BCUT2D eigenvalue weighted by Gasteiger charge is 2.31. The van der Waals surface area contributed by atoms with Crippen LogP contribution in [-0.4, -0.2) is 61.3 Å². The van der Waals surface area contributed by atoms with Crippen LogP contribution in [0.15, 0.2) is 42.4 Å². The predicted octanol–water partition coefficient (Wildman–Crippen LogP) is 2.50. The Balaban J connectivity index is 1.88. The molecule has 0 atom stereocenters. The molecule has 0 aliphatic carbocycles. The van der Waals surface area contributed by atoms with E-state index in [-0.39, 0.29) is 17.3 Å². The number of carbonyl (C=O) groups excluding carboxylic acids is 1. The van der Waals surface area contributed by atoms with E-state index in [0.29, 0.717) is 49.7 Å². The lowest BCUT2D eigenvalue weighted by molar-refractivity contribution is 0.101. The van der Waals surface area contributed by atoms with Gasteiger partial charge in [-0.25, -0.2) is 0 Å². The maximum Gasteiger partial charge on any atom is 0.231 e. The molecule has 7 heteroatoms. The van der Waals surface area contributed by atoms with Crippen LogP contribution in [0.4, 0.5) is 0 Å². The molecule has 0 saturated heterocycles. The predicted molar refractivity (Wildman–Crippen MR) is 104 cm³/mol. The van der Waals surface area contributed by atoms with Crippen LogP contribution in [0.25, 0.3) is 6.08 Å². The summed E-state index contributed by atoms with van der Waals surface area (Å²) in [5, 5.41) is 10.4. The fourth-order valence-electron chi connectivity index (χ4n) is 3.00. The van der Waals surface area contributed by atoms with E-state index in [1.165, 1.54) is 6.07 Å². The Morgan fingerprint density at radius 1 is 1.18 bits per heavy atom. The number of pyridine rings is 1. The summed E-state index contributed by atoms with van der Waals surface area (Å²) in [5.41, 5.74) is 1.79. The first kappa shape index (κ1) is 20.0. The fourth-order valence-corrected chi connectivity index (χ4v) is 3.00. The highest BCUT2D eigenvalue weighted by molar-refractivity contribution is 6.14. The summed E-state index contributed by atoms with van der Waals surface area (Å²) in [7, 11) is 3.28. The van der Waals surface area contributed by atoms with Gasteiger partial charge in [0.05, 0.1) is 24.3 Å². The first-order valence-corrected chi connectivity index (χ1v) is 9.03. The maximum absolute atomic E-state index is 12.7. The Kier molecular flexibility index (Phi) is 6.76. The molecule has 1 aromatic carbocycles. The molecule has 1 aliphatic rings. The zero-order chi connectivity index (χ0) is 19.9. The fraction of sp³-hybridized carbons (Fsp3) is 0.333. The lowest BCUT2D eigenvalue weighted by atomic mass is 10.0. The molecule has 2 aromatic rings. The number of allylic oxidation sites excluding steroid dienone is 1. The average molecular weight is 384 g/mol. The van der Waals surface area contributed by atoms with Crippen molar-refractivity contribution in [1.82, 2.24) is 9.88 Å². The number of nitrogens with zero attached hydrogens (tertiary/aromatic N) is 2. The summed E-state index contributed by atoms with van der Waals surface area (Å²) < 4.78 is 16.2. The third kappa shape index (κ3) is 4.56. The molecule has 0 unspecified atom stereocenters. The number of hydrogen-bond acceptors (Lipinski definition) is 7. The molecule has 2 heterocycles. The van der Waals surface area contributed by atoms with Crippen LogP contribution in [0.2, 0.25) is 0 Å². The smallest absolute Gasteiger partial charge is 0.231 e. The number of fused-ring (bicyclic) bond motifs is 1. The number of phenols is 1. The standard InChI is InChI=1S/C21H24N2O5/c1-26-10-8-23(9-11-27-2)14-17-18(24)6-5-16-20(25)19(28-21(16)17)12-15-4-3-7-22-13-15/h3-7,12-13,24H,8-11,14H2,1-2H3. The molecule has 148 valence electrons. The zero-order valence-electron chi connectivity index (χ0n) is 16.1. The highest BCUT2D eigenvalue weighted by Crippen LogP contribution is 2.40. The summed E-state index contributed by atoms with van der Waals surface area (Å²) in [5.74, 6) is 0.504. The molecule has 0 bridgehead atoms. The van der Waals surface area contributed by atoms with Gasteiger partial charge in [0.25, 0.3) is 0 Å². The number of hydrogen-bond donors (Lipinski definition) is 1. The van der Waals surface area contributed by atoms with Crippen molar-refractivity contribution >= 4 is 11.9 Å². The number of ether oxygens (including phenoxy) is 3. The number of benzene rings is 1. The molecule has 1 N–H and O–H groups in total. The van der Waals surface area contributed by atoms with Gasteiger partial charge in [-0.3, -0.25) is 14.7 Å². The Hall–Kier alpha value is -2.74. The van der Waals surface area contributed by atoms with Crippen molar-refractivity contribution in [2.75, 3.05) is 40.5 Å². The molecule has 0 fully saturated rings. The van der Waals surface area contributed by atoms with Crippen molar-refractivity contribution in [2.45, 2.75) is 6.54 Å². The van der Waals surface area contributed by atoms with Gasteiger partial charge in [0, 0.05) is 46.2 Å². The van der Waals surface area contributed by atoms with Gasteiger partial charge in [0.1, 0.15) is 11.5 Å². The quantitative estimate of drug-likeness (QED) is 0.665. The number of ketones is 1. The zero-order valence-corrected chi connectivity index (χ0v) is 16.1. The van der Waals surface area contributed by atoms with Crippen molar-refractivity contribution < 1.29 is 24.1 Å². The van der Waals surface area contributed by atoms with E-state index < -0.39 is 0 Å². The second kappa shape index (κ2) is 9.45. The molecule has 1 aliphatic heterocycles. The Bertz CT molecular complexity index is 843. The number of Topliss-reactive ketones (excluding diaryl/α,β-unsaturated/α-hetero) is 1. The van der Waals surface area contributed by atoms with Gasteiger partial charge in [0.2, 0.25) is 5.78 Å². The van der Waals surface area contributed by atoms with Crippen molar-refractivity contribution in [2.24, 2.45) is 0 Å². The van der Waals surface area contributed by atoms with Crippen LogP contribution in [-0.2, 0) is 16.0 Å². The third-order valence-corrected chi connectivity index (χ3v) is 4.50. The molecule has 3 rings (SSSR count). The monoisotopic (exact) mass is 384 g/mol. The van der Waals surface area contributed by atoms with E-state index in [2.05, 4.69) is 9.88 Å². The van der Waals surface area contributed by atoms with Crippen molar-refractivity contribution in [3.8, 4) is 11.5 Å². The largest absolute Gasteiger partial charge is 0.507 e. The molecule has 0 radical (unpaired) electrons. The van der Waals surface area contributed by atoms with Crippen molar-refractivity contribution in [3.63, 3.8) is 0 Å². The van der Waals surface area contributed by atoms with Crippen LogP contribution in [0.1, 0.15) is 21.5 Å². The second-order valence-corrected chi connectivity index (χ2v) is 6.43. The molecule has 7 nitrogen and oxygen atoms in total. The first-order valence-electron chi connectivity index (χ1n) is 9.03. The Labute approximate surface area is 164 Å². The summed E-state index contributed by atoms with van der Waals surface area (Å²) in [6.07, 6.45) is 4.98. The SMILES string of the molecule is COCCN(CCOC)Cc1c(O)ccc2c1OC(=Cc1cccnc1)C2=O. The van der Waals surface area contributed by atoms with E-state index in [1.807, 2.05) is 6.07 Å². The minimum absolute atomic E-state index is 0.0917. The maximum atomic E-state index is 12.7. The van der Waals surface area contributed by atoms with Crippen LogP contribution >= 0.6 is 0 Å². The normalized spacial score (nSPS) is 14.5. The number of methoxy groups -OCH3 is 2. The Morgan fingerprint density at radius 3 is 2.57 bits per heavy atom. The highest BCUT2D eigenvalue weighted by atomic mass is 16.5. The van der Waals surface area contributed by atoms with E-state index in [4.69, 9.17) is 14.2 Å². The van der Waals surface area contributed by atoms with Gasteiger partial charge in [0.15, 0.2) is 5.76 Å². The van der Waals surface area contributed by atoms with Crippen LogP contribution in [0, 0.1) is 0 Å². The number of phenolic OH excluding ortho intramolecular Hbond substituents is 1. The number of aromatic nitrogens is 1. The molecule has 0 saturated carbocycles. The topological polar surface area (TPSA) is 81.1 Å². The van der Waals surface area contributed by atoms with Gasteiger partial charge in [-0.1, -0.05) is 6.07 Å². The first-order chi connectivity index (χ1) is 13.6. The molecule has 0 spiro atoms. The number of aromatic hydroxyl groups is 1. The van der Waals surface area contributed by atoms with E-state index in [9.17, 15) is 9.90 Å². The minimum atomic E-state index is -0.208. The number of carbonyl (C=O) groups is 1. The molecular weight excluding hydrogens is 360 g/mol. The summed E-state index contributed by atoms with van der Waals surface area (Å²) in [6.45, 7) is 2.83. The molecular formula is C21H24N2O5. The lowest BCUT2D eigenvalue weighted by Crippen LogP contribution is -2.30. The summed E-state index contributed by atoms with van der Waals surface area (Å²) in [4.78, 5) is 18.9. The molecule has 0 amide bonds. The minimum Gasteiger partial charge on any atom is -0.507 e. The van der Waals surface area contributed by atoms with Gasteiger partial charge < -0.3 is 19.3 Å². The Morgan fingerprint density at radius 2 is 1.93 bits per heavy atom. The van der Waals surface area contributed by atoms with Gasteiger partial charge in [-0.05, 0) is 29.8 Å². The van der Waals surface area contributed by atoms with Gasteiger partial charge in [-0.2, -0.15) is 0 Å². The van der Waals surface area contributed by atoms with Crippen LogP contribution in [0.5, 0.6) is 11.5 Å². The van der Waals surface area contributed by atoms with Gasteiger partial charge >= 0.3 is 0 Å². The molecule has 1 aromatic heterocycles. The summed E-state index contributed by atoms with van der Waals surface area (Å²) >= 11 is 0. The van der Waals surface area contributed by atoms with E-state index in [0.717, 1.165) is 5.56 Å². The van der Waals surface area contributed by atoms with E-state index in [1.54, 1.807) is 44.8 Å². The average Bonchev–Trinajstić information content (AvgIpc) is 3.02. The summed E-state index contributed by atoms with van der Waals surface area (Å²) in [6, 6.07) is 6.76. The third-order valence-electron chi connectivity index (χ3n) is 4.50. The van der Waals surface area contributed by atoms with Crippen molar-refractivity contribution in [3.05, 3.63) is 59.1 Å². The van der Waals surface area contributed by atoms with Gasteiger partial charge in [-0.15, -0.1) is 0 Å². The van der Waals surface area contributed by atoms with Crippen molar-refractivity contribution in [1.29, 1.82) is 0 Å². The second-order valence-electron chi connectivity index (χ2n) is 6.43. The van der Waals surface area contributed by atoms with Crippen LogP contribution < -0.4 is 4.74 Å². The number of rotatable bonds is 9. The lowest BCUT2D eigenvalue weighted by Gasteiger charge is -2.23. The van der Waals surface area contributed by atoms with E-state index >= 15 is 0 Å². The molecule has 28 heavy (non-hydrogen) atoms. The van der Waals surface area contributed by atoms with Crippen LogP contribution in [0.3, 0.4) is 0 Å².